The number of aliphatic hydroxyl groups excluding tert-OH is 1. The van der Waals surface area contributed by atoms with Crippen LogP contribution in [0, 0.1) is 17.8 Å². The third-order valence-corrected chi connectivity index (χ3v) is 6.25. The monoisotopic (exact) mass is 325 g/mol. The molecule has 0 spiro atoms. The van der Waals surface area contributed by atoms with E-state index in [0.29, 0.717) is 17.8 Å². The summed E-state index contributed by atoms with van der Waals surface area (Å²) in [5.74, 6) is 1.75. The van der Waals surface area contributed by atoms with Gasteiger partial charge in [-0.25, -0.2) is 0 Å². The molecule has 0 aromatic heterocycles. The maximum Gasteiger partial charge on any atom is 0.106 e. The SMILES string of the molecule is C=[P+](C)CCCC=CC1C(C)CC(O)C1CCCCCCC. The van der Waals surface area contributed by atoms with E-state index in [1.807, 2.05) is 0 Å². The van der Waals surface area contributed by atoms with Crippen LogP contribution in [0.25, 0.3) is 0 Å². The van der Waals surface area contributed by atoms with Gasteiger partial charge in [-0.05, 0) is 43.4 Å². The molecule has 128 valence electrons. The largest absolute Gasteiger partial charge is 0.393 e. The van der Waals surface area contributed by atoms with Crippen molar-refractivity contribution in [2.45, 2.75) is 77.7 Å². The first kappa shape index (κ1) is 19.9. The summed E-state index contributed by atoms with van der Waals surface area (Å²) < 4.78 is 0. The summed E-state index contributed by atoms with van der Waals surface area (Å²) in [6.07, 6.45) is 21.4. The van der Waals surface area contributed by atoms with Gasteiger partial charge in [-0.1, -0.05) is 58.1 Å². The molecule has 0 saturated heterocycles. The first-order chi connectivity index (χ1) is 10.6. The standard InChI is InChI=1S/C20H38OP/c1-5-6-7-8-10-14-19-18(17(2)16-20(19)21)13-11-9-12-15-22(3)4/h11,13,17-21H,3,5-10,12,14-16H2,1-2,4H3/q+1. The van der Waals surface area contributed by atoms with Gasteiger partial charge in [0.25, 0.3) is 0 Å². The van der Waals surface area contributed by atoms with Crippen LogP contribution in [0.5, 0.6) is 0 Å². The molecule has 1 fully saturated rings. The molecule has 1 N–H and O–H groups in total. The third-order valence-electron chi connectivity index (χ3n) is 5.17. The van der Waals surface area contributed by atoms with Gasteiger partial charge >= 0.3 is 0 Å². The number of aliphatic hydroxyl groups is 1. The highest BCUT2D eigenvalue weighted by molar-refractivity contribution is 7.54. The zero-order chi connectivity index (χ0) is 16.4. The van der Waals surface area contributed by atoms with E-state index in [4.69, 9.17) is 0 Å². The molecule has 0 bridgehead atoms. The second kappa shape index (κ2) is 11.4. The van der Waals surface area contributed by atoms with E-state index in [0.717, 1.165) is 6.42 Å². The van der Waals surface area contributed by atoms with Crippen molar-refractivity contribution in [3.05, 3.63) is 12.2 Å². The van der Waals surface area contributed by atoms with Crippen LogP contribution in [0.2, 0.25) is 0 Å². The minimum absolute atomic E-state index is 0.0106. The quantitative estimate of drug-likeness (QED) is 0.286. The first-order valence-corrected chi connectivity index (χ1v) is 11.6. The molecule has 2 heteroatoms. The van der Waals surface area contributed by atoms with Crippen molar-refractivity contribution in [2.75, 3.05) is 12.8 Å². The molecule has 1 saturated carbocycles. The molecule has 0 aliphatic heterocycles. The summed E-state index contributed by atoms with van der Waals surface area (Å²) in [5, 5.41) is 10.4. The van der Waals surface area contributed by atoms with Crippen LogP contribution in [-0.2, 0) is 0 Å². The fourth-order valence-corrected chi connectivity index (χ4v) is 4.55. The summed E-state index contributed by atoms with van der Waals surface area (Å²) >= 11 is 0. The summed E-state index contributed by atoms with van der Waals surface area (Å²) in [7, 11) is 0.0106. The van der Waals surface area contributed by atoms with Crippen LogP contribution in [0.1, 0.15) is 71.6 Å². The van der Waals surface area contributed by atoms with E-state index < -0.39 is 0 Å². The minimum atomic E-state index is -0.0702. The molecule has 1 rings (SSSR count). The Kier molecular flexibility index (Phi) is 10.3. The van der Waals surface area contributed by atoms with E-state index in [1.165, 1.54) is 57.5 Å². The van der Waals surface area contributed by atoms with Crippen molar-refractivity contribution in [2.24, 2.45) is 17.8 Å². The molecule has 1 nitrogen and oxygen atoms in total. The molecule has 1 aliphatic carbocycles. The number of hydrogen-bond donors (Lipinski definition) is 1. The van der Waals surface area contributed by atoms with E-state index in [1.54, 1.807) is 0 Å². The Hall–Kier alpha value is -0.130. The Labute approximate surface area is 140 Å². The molecule has 0 aromatic rings. The highest BCUT2D eigenvalue weighted by atomic mass is 31.1. The van der Waals surface area contributed by atoms with Crippen LogP contribution >= 0.6 is 7.55 Å². The zero-order valence-corrected chi connectivity index (χ0v) is 16.0. The number of unbranched alkanes of at least 4 members (excludes halogenated alkanes) is 5. The number of allylic oxidation sites excluding steroid dienone is 2. The highest BCUT2D eigenvalue weighted by Crippen LogP contribution is 2.41. The van der Waals surface area contributed by atoms with E-state index in [-0.39, 0.29) is 13.6 Å². The molecular weight excluding hydrogens is 287 g/mol. The normalized spacial score (nSPS) is 29.4. The molecule has 1 aliphatic rings. The van der Waals surface area contributed by atoms with Gasteiger partial charge in [-0.2, -0.15) is 0 Å². The van der Waals surface area contributed by atoms with Crippen LogP contribution in [0.3, 0.4) is 0 Å². The zero-order valence-electron chi connectivity index (χ0n) is 15.1. The fraction of sp³-hybridized carbons (Fsp3) is 0.850. The van der Waals surface area contributed by atoms with Gasteiger partial charge in [-0.15, -0.1) is 0 Å². The van der Waals surface area contributed by atoms with Crippen molar-refractivity contribution in [1.82, 2.24) is 0 Å². The summed E-state index contributed by atoms with van der Waals surface area (Å²) in [4.78, 5) is 0. The molecule has 5 atom stereocenters. The average Bonchev–Trinajstić information content (AvgIpc) is 2.72. The average molecular weight is 325 g/mol. The van der Waals surface area contributed by atoms with Gasteiger partial charge in [0.2, 0.25) is 0 Å². The topological polar surface area (TPSA) is 20.2 Å². The fourth-order valence-electron chi connectivity index (χ4n) is 3.82. The number of hydrogen-bond acceptors (Lipinski definition) is 1. The molecule has 0 heterocycles. The van der Waals surface area contributed by atoms with E-state index in [2.05, 4.69) is 39.0 Å². The summed E-state index contributed by atoms with van der Waals surface area (Å²) in [6.45, 7) is 6.83. The molecule has 0 radical (unpaired) electrons. The lowest BCUT2D eigenvalue weighted by Gasteiger charge is -2.21. The lowest BCUT2D eigenvalue weighted by molar-refractivity contribution is 0.117. The Balaban J connectivity index is 2.36. The lowest BCUT2D eigenvalue weighted by Crippen LogP contribution is -2.18. The summed E-state index contributed by atoms with van der Waals surface area (Å²) in [5.41, 5.74) is 0. The van der Waals surface area contributed by atoms with Gasteiger partial charge < -0.3 is 5.11 Å². The molecule has 0 amide bonds. The second-order valence-corrected chi connectivity index (χ2v) is 9.53. The molecular formula is C20H38OP+. The van der Waals surface area contributed by atoms with Gasteiger partial charge in [0.15, 0.2) is 0 Å². The smallest absolute Gasteiger partial charge is 0.106 e. The van der Waals surface area contributed by atoms with E-state index in [9.17, 15) is 5.11 Å². The Morgan fingerprint density at radius 2 is 1.91 bits per heavy atom. The second-order valence-electron chi connectivity index (χ2n) is 7.37. The van der Waals surface area contributed by atoms with Crippen molar-refractivity contribution in [3.63, 3.8) is 0 Å². The maximum atomic E-state index is 10.4. The number of rotatable bonds is 11. The summed E-state index contributed by atoms with van der Waals surface area (Å²) in [6, 6.07) is 0. The van der Waals surface area contributed by atoms with Crippen LogP contribution in [0.15, 0.2) is 12.2 Å². The predicted molar refractivity (Wildman–Crippen MR) is 103 cm³/mol. The Bertz CT molecular complexity index is 337. The Morgan fingerprint density at radius 1 is 1.18 bits per heavy atom. The molecule has 5 unspecified atom stereocenters. The maximum absolute atomic E-state index is 10.4. The van der Waals surface area contributed by atoms with Crippen LogP contribution < -0.4 is 0 Å². The highest BCUT2D eigenvalue weighted by Gasteiger charge is 2.37. The van der Waals surface area contributed by atoms with Gasteiger partial charge in [0.1, 0.15) is 6.16 Å². The Morgan fingerprint density at radius 3 is 2.59 bits per heavy atom. The lowest BCUT2D eigenvalue weighted by atomic mass is 9.85. The van der Waals surface area contributed by atoms with Crippen LogP contribution in [0.4, 0.5) is 0 Å². The third kappa shape index (κ3) is 7.42. The minimum Gasteiger partial charge on any atom is -0.393 e. The van der Waals surface area contributed by atoms with Crippen molar-refractivity contribution >= 4 is 13.8 Å². The van der Waals surface area contributed by atoms with Crippen molar-refractivity contribution in [1.29, 1.82) is 0 Å². The van der Waals surface area contributed by atoms with Crippen molar-refractivity contribution in [3.8, 4) is 0 Å². The van der Waals surface area contributed by atoms with Crippen molar-refractivity contribution < 1.29 is 5.11 Å². The van der Waals surface area contributed by atoms with Gasteiger partial charge in [0.05, 0.1) is 26.6 Å². The van der Waals surface area contributed by atoms with E-state index >= 15 is 0 Å². The van der Waals surface area contributed by atoms with Crippen LogP contribution in [-0.4, -0.2) is 30.3 Å². The van der Waals surface area contributed by atoms with Gasteiger partial charge in [0, 0.05) is 0 Å². The first-order valence-electron chi connectivity index (χ1n) is 9.42. The molecule has 22 heavy (non-hydrogen) atoms. The predicted octanol–water partition coefficient (Wildman–Crippen LogP) is 5.86. The van der Waals surface area contributed by atoms with Gasteiger partial charge in [-0.3, -0.25) is 0 Å². The molecule has 0 aromatic carbocycles.